The van der Waals surface area contributed by atoms with E-state index >= 15 is 0 Å². The number of pyridine rings is 1. The molecule has 11 nitrogen and oxygen atoms in total. The highest BCUT2D eigenvalue weighted by Crippen LogP contribution is 2.35. The van der Waals surface area contributed by atoms with Crippen LogP contribution >= 0.6 is 39.1 Å². The first kappa shape index (κ1) is 35.5. The molecule has 0 aliphatic carbocycles. The molecule has 0 unspecified atom stereocenters. The Balaban J connectivity index is 1.30. The SMILES string of the molecule is CCOC(=O)CCC(=O)Nc1ccc(C=CC(=O)NCC(=O)N(C)c2ccc(Cl)c(COc3cccn4c(Br)c(C)nc34)c2Cl)cc1. The number of hydrogen-bond donors (Lipinski definition) is 2. The van der Waals surface area contributed by atoms with Gasteiger partial charge in [-0.15, -0.1) is 0 Å². The van der Waals surface area contributed by atoms with Crippen molar-refractivity contribution in [1.29, 1.82) is 0 Å². The van der Waals surface area contributed by atoms with Crippen molar-refractivity contribution in [3.63, 3.8) is 0 Å². The van der Waals surface area contributed by atoms with Crippen LogP contribution in [0.4, 0.5) is 11.4 Å². The molecule has 0 spiro atoms. The number of anilines is 2. The largest absolute Gasteiger partial charge is 0.485 e. The summed E-state index contributed by atoms with van der Waals surface area (Å²) in [5.74, 6) is -1.10. The van der Waals surface area contributed by atoms with Crippen molar-refractivity contribution in [3.05, 3.63) is 92.3 Å². The number of fused-ring (bicyclic) bond motifs is 1. The Labute approximate surface area is 290 Å². The van der Waals surface area contributed by atoms with Gasteiger partial charge in [-0.2, -0.15) is 0 Å². The van der Waals surface area contributed by atoms with Crippen LogP contribution in [-0.2, 0) is 30.5 Å². The van der Waals surface area contributed by atoms with E-state index in [-0.39, 0.29) is 43.5 Å². The van der Waals surface area contributed by atoms with Crippen molar-refractivity contribution in [2.24, 2.45) is 0 Å². The van der Waals surface area contributed by atoms with Crippen LogP contribution in [0.5, 0.6) is 5.75 Å². The molecule has 14 heteroatoms. The van der Waals surface area contributed by atoms with E-state index in [4.69, 9.17) is 32.7 Å². The van der Waals surface area contributed by atoms with Gasteiger partial charge >= 0.3 is 5.97 Å². The summed E-state index contributed by atoms with van der Waals surface area (Å²) in [5, 5.41) is 5.88. The highest BCUT2D eigenvalue weighted by atomic mass is 79.9. The number of nitrogens with one attached hydrogen (secondary N) is 2. The maximum Gasteiger partial charge on any atom is 0.306 e. The lowest BCUT2D eigenvalue weighted by Crippen LogP contribution is -2.37. The van der Waals surface area contributed by atoms with Crippen LogP contribution in [0, 0.1) is 6.92 Å². The molecule has 0 bridgehead atoms. The standard InChI is InChI=1S/C33H32BrCl2N5O6/c1-4-46-30(45)16-15-28(43)39-22-10-7-21(8-11-22)9-14-27(42)37-18-29(44)40(3)25-13-12-24(35)23(31(25)36)19-47-26-6-5-17-41-32(34)20(2)38-33(26)41/h5-14,17H,4,15-16,18-19H2,1-3H3,(H,37,42)(H,39,43). The first-order valence-electron chi connectivity index (χ1n) is 14.5. The lowest BCUT2D eigenvalue weighted by atomic mass is 10.2. The quantitative estimate of drug-likeness (QED) is 0.120. The van der Waals surface area contributed by atoms with E-state index in [0.29, 0.717) is 38.9 Å². The number of esters is 1. The third kappa shape index (κ3) is 9.34. The van der Waals surface area contributed by atoms with Crippen molar-refractivity contribution >= 4 is 85.9 Å². The van der Waals surface area contributed by atoms with Crippen molar-refractivity contribution in [2.75, 3.05) is 30.4 Å². The average molecular weight is 745 g/mol. The van der Waals surface area contributed by atoms with Gasteiger partial charge in [0.1, 0.15) is 11.2 Å². The zero-order valence-electron chi connectivity index (χ0n) is 25.8. The molecular formula is C33H32BrCl2N5O6. The van der Waals surface area contributed by atoms with Crippen LogP contribution in [0.15, 0.2) is 65.4 Å². The maximum atomic E-state index is 13.0. The Bertz CT molecular complexity index is 1830. The molecule has 4 rings (SSSR count). The fourth-order valence-corrected chi connectivity index (χ4v) is 5.34. The first-order valence-corrected chi connectivity index (χ1v) is 16.0. The van der Waals surface area contributed by atoms with Gasteiger partial charge in [-0.05, 0) is 77.8 Å². The predicted octanol–water partition coefficient (Wildman–Crippen LogP) is 6.37. The van der Waals surface area contributed by atoms with Gasteiger partial charge < -0.3 is 25.0 Å². The van der Waals surface area contributed by atoms with E-state index in [9.17, 15) is 19.2 Å². The zero-order chi connectivity index (χ0) is 34.1. The summed E-state index contributed by atoms with van der Waals surface area (Å²) < 4.78 is 13.5. The van der Waals surface area contributed by atoms with Gasteiger partial charge in [0.05, 0.1) is 36.0 Å². The van der Waals surface area contributed by atoms with Gasteiger partial charge in [-0.3, -0.25) is 23.6 Å². The molecule has 0 aliphatic rings. The second-order valence-electron chi connectivity index (χ2n) is 10.2. The normalized spacial score (nSPS) is 11.0. The van der Waals surface area contributed by atoms with Crippen LogP contribution in [0.25, 0.3) is 11.7 Å². The van der Waals surface area contributed by atoms with E-state index in [0.717, 1.165) is 10.3 Å². The number of imidazole rings is 1. The third-order valence-electron chi connectivity index (χ3n) is 6.89. The highest BCUT2D eigenvalue weighted by molar-refractivity contribution is 9.10. The van der Waals surface area contributed by atoms with Crippen molar-refractivity contribution in [3.8, 4) is 5.75 Å². The fraction of sp³-hybridized carbons (Fsp3) is 0.242. The van der Waals surface area contributed by atoms with E-state index in [1.165, 1.54) is 11.0 Å². The molecular weight excluding hydrogens is 713 g/mol. The molecule has 2 N–H and O–H groups in total. The highest BCUT2D eigenvalue weighted by Gasteiger charge is 2.20. The molecule has 0 fully saturated rings. The molecule has 2 aromatic heterocycles. The first-order chi connectivity index (χ1) is 22.5. The van der Waals surface area contributed by atoms with Gasteiger partial charge in [0.2, 0.25) is 17.7 Å². The van der Waals surface area contributed by atoms with Crippen molar-refractivity contribution < 1.29 is 28.7 Å². The Morgan fingerprint density at radius 1 is 1.06 bits per heavy atom. The molecule has 2 aromatic carbocycles. The predicted molar refractivity (Wildman–Crippen MR) is 185 cm³/mol. The summed E-state index contributed by atoms with van der Waals surface area (Å²) in [7, 11) is 1.55. The Hall–Kier alpha value is -4.39. The van der Waals surface area contributed by atoms with Gasteiger partial charge in [-0.1, -0.05) is 35.3 Å². The second kappa shape index (κ2) is 16.4. The number of ether oxygens (including phenoxy) is 2. The smallest absolute Gasteiger partial charge is 0.306 e. The molecule has 0 saturated carbocycles. The molecule has 246 valence electrons. The molecule has 0 aliphatic heterocycles. The van der Waals surface area contributed by atoms with Crippen LogP contribution in [0.2, 0.25) is 10.0 Å². The average Bonchev–Trinajstić information content (AvgIpc) is 3.35. The van der Waals surface area contributed by atoms with E-state index in [1.807, 2.05) is 23.6 Å². The van der Waals surface area contributed by atoms with Crippen LogP contribution in [-0.4, -0.2) is 53.3 Å². The molecule has 0 radical (unpaired) electrons. The summed E-state index contributed by atoms with van der Waals surface area (Å²) >= 11 is 16.7. The minimum Gasteiger partial charge on any atom is -0.485 e. The lowest BCUT2D eigenvalue weighted by Gasteiger charge is -2.21. The minimum atomic E-state index is -0.477. The van der Waals surface area contributed by atoms with Gasteiger partial charge in [0.25, 0.3) is 0 Å². The number of aromatic nitrogens is 2. The number of hydrogen-bond acceptors (Lipinski definition) is 7. The summed E-state index contributed by atoms with van der Waals surface area (Å²) in [6.07, 6.45) is 4.74. The van der Waals surface area contributed by atoms with Crippen molar-refractivity contribution in [1.82, 2.24) is 14.7 Å². The summed E-state index contributed by atoms with van der Waals surface area (Å²) in [5.41, 5.74) is 3.57. The Kier molecular flexibility index (Phi) is 12.4. The maximum absolute atomic E-state index is 13.0. The number of rotatable bonds is 13. The number of benzene rings is 2. The molecule has 0 atom stereocenters. The minimum absolute atomic E-state index is 0.000176. The molecule has 2 heterocycles. The van der Waals surface area contributed by atoms with Crippen LogP contribution < -0.4 is 20.3 Å². The fourth-order valence-electron chi connectivity index (χ4n) is 4.36. The van der Waals surface area contributed by atoms with Gasteiger partial charge in [-0.25, -0.2) is 4.98 Å². The second-order valence-corrected chi connectivity index (χ2v) is 11.7. The Morgan fingerprint density at radius 2 is 1.81 bits per heavy atom. The van der Waals surface area contributed by atoms with Gasteiger partial charge in [0, 0.05) is 42.0 Å². The topological polar surface area (TPSA) is 131 Å². The molecule has 3 amide bonds. The monoisotopic (exact) mass is 743 g/mol. The Morgan fingerprint density at radius 3 is 2.53 bits per heavy atom. The van der Waals surface area contributed by atoms with E-state index in [2.05, 4.69) is 31.5 Å². The molecule has 4 aromatic rings. The van der Waals surface area contributed by atoms with Crippen LogP contribution in [0.1, 0.15) is 36.6 Å². The third-order valence-corrected chi connectivity index (χ3v) is 8.62. The number of halogens is 3. The zero-order valence-corrected chi connectivity index (χ0v) is 28.9. The van der Waals surface area contributed by atoms with E-state index < -0.39 is 17.8 Å². The van der Waals surface area contributed by atoms with Gasteiger partial charge in [0.15, 0.2) is 11.4 Å². The number of nitrogens with zero attached hydrogens (tertiary/aromatic N) is 3. The number of likely N-dealkylation sites (N-methyl/N-ethyl adjacent to an activating group) is 1. The molecule has 0 saturated heterocycles. The summed E-state index contributed by atoms with van der Waals surface area (Å²) in [6.45, 7) is 3.60. The number of carbonyl (C=O) groups excluding carboxylic acids is 4. The van der Waals surface area contributed by atoms with Crippen LogP contribution in [0.3, 0.4) is 0 Å². The summed E-state index contributed by atoms with van der Waals surface area (Å²) in [6, 6.07) is 13.6. The number of aryl methyl sites for hydroxylation is 1. The van der Waals surface area contributed by atoms with E-state index in [1.54, 1.807) is 62.5 Å². The summed E-state index contributed by atoms with van der Waals surface area (Å²) in [4.78, 5) is 54.7. The lowest BCUT2D eigenvalue weighted by molar-refractivity contribution is -0.144. The molecule has 47 heavy (non-hydrogen) atoms. The van der Waals surface area contributed by atoms with Crippen molar-refractivity contribution in [2.45, 2.75) is 33.3 Å². The number of amides is 3. The number of carbonyl (C=O) groups is 4.